The van der Waals surface area contributed by atoms with Crippen LogP contribution in [0.25, 0.3) is 11.2 Å². The van der Waals surface area contributed by atoms with E-state index in [0.29, 0.717) is 11.7 Å². The molecule has 0 bridgehead atoms. The summed E-state index contributed by atoms with van der Waals surface area (Å²) in [5.74, 6) is -0.976. The Hall–Kier alpha value is -2.81. The van der Waals surface area contributed by atoms with Crippen molar-refractivity contribution in [3.8, 4) is 0 Å². The van der Waals surface area contributed by atoms with Gasteiger partial charge in [-0.05, 0) is 25.0 Å². The number of imidazole rings is 1. The van der Waals surface area contributed by atoms with Gasteiger partial charge in [0.05, 0.1) is 6.54 Å². The lowest BCUT2D eigenvalue weighted by atomic mass is 10.1. The number of aliphatic carboxylic acids is 1. The van der Waals surface area contributed by atoms with Crippen molar-refractivity contribution >= 4 is 28.9 Å². The normalized spacial score (nSPS) is 12.4. The average Bonchev–Trinajstić information content (AvgIpc) is 2.98. The zero-order valence-electron chi connectivity index (χ0n) is 15.5. The van der Waals surface area contributed by atoms with Crippen LogP contribution < -0.4 is 11.2 Å². The summed E-state index contributed by atoms with van der Waals surface area (Å²) < 4.78 is 4.04. The first kappa shape index (κ1) is 19.0. The molecule has 3 aromatic rings. The van der Waals surface area contributed by atoms with Crippen LogP contribution in [0.15, 0.2) is 39.0 Å². The summed E-state index contributed by atoms with van der Waals surface area (Å²) >= 11 is 1.05. The third-order valence-electron chi connectivity index (χ3n) is 4.53. The van der Waals surface area contributed by atoms with Crippen LogP contribution in [-0.2, 0) is 25.4 Å². The minimum Gasteiger partial charge on any atom is -0.480 e. The lowest BCUT2D eigenvalue weighted by Crippen LogP contribution is -2.37. The number of benzene rings is 1. The van der Waals surface area contributed by atoms with E-state index in [1.165, 1.54) is 11.6 Å². The molecule has 0 amide bonds. The predicted molar refractivity (Wildman–Crippen MR) is 103 cm³/mol. The molecule has 0 fully saturated rings. The number of hydrogen-bond donors (Lipinski definition) is 1. The van der Waals surface area contributed by atoms with Crippen molar-refractivity contribution in [2.24, 2.45) is 14.1 Å². The molecule has 0 aliphatic rings. The van der Waals surface area contributed by atoms with Gasteiger partial charge in [-0.3, -0.25) is 18.7 Å². The average molecular weight is 388 g/mol. The molecule has 2 aromatic heterocycles. The number of carboxylic acid groups (broad SMARTS) is 1. The van der Waals surface area contributed by atoms with Crippen LogP contribution in [0.5, 0.6) is 0 Å². The molecule has 0 aliphatic carbocycles. The van der Waals surface area contributed by atoms with Gasteiger partial charge in [0.1, 0.15) is 5.25 Å². The maximum absolute atomic E-state index is 12.8. The zero-order chi connectivity index (χ0) is 19.9. The first-order valence-corrected chi connectivity index (χ1v) is 9.20. The number of thioether (sulfide) groups is 1. The monoisotopic (exact) mass is 388 g/mol. The summed E-state index contributed by atoms with van der Waals surface area (Å²) in [4.78, 5) is 40.8. The number of aromatic nitrogens is 4. The summed E-state index contributed by atoms with van der Waals surface area (Å²) in [6, 6.07) is 7.75. The molecule has 9 heteroatoms. The van der Waals surface area contributed by atoms with Gasteiger partial charge in [0, 0.05) is 14.1 Å². The minimum atomic E-state index is -0.976. The molecule has 0 spiro atoms. The van der Waals surface area contributed by atoms with Crippen LogP contribution >= 0.6 is 11.8 Å². The molecule has 0 aliphatic heterocycles. The number of carbonyl (C=O) groups is 1. The van der Waals surface area contributed by atoms with E-state index in [4.69, 9.17) is 0 Å². The molecular weight excluding hydrogens is 368 g/mol. The fourth-order valence-corrected chi connectivity index (χ4v) is 3.67. The Morgan fingerprint density at radius 3 is 2.52 bits per heavy atom. The van der Waals surface area contributed by atoms with E-state index in [2.05, 4.69) is 4.98 Å². The Balaban J connectivity index is 2.30. The lowest BCUT2D eigenvalue weighted by molar-refractivity contribution is -0.136. The second kappa shape index (κ2) is 7.07. The standard InChI is InChI=1S/C18H20N4O4S/c1-10-7-5-6-8-12(10)9-22-13-14(19-17(22)27-11(2)16(24)25)20(3)18(26)21(4)15(13)23/h5-8,11H,9H2,1-4H3,(H,24,25). The third-order valence-corrected chi connectivity index (χ3v) is 5.61. The first-order chi connectivity index (χ1) is 12.7. The smallest absolute Gasteiger partial charge is 0.332 e. The van der Waals surface area contributed by atoms with E-state index in [1.807, 2.05) is 31.2 Å². The second-order valence-corrected chi connectivity index (χ2v) is 7.69. The molecule has 27 heavy (non-hydrogen) atoms. The molecule has 1 N–H and O–H groups in total. The Morgan fingerprint density at radius 2 is 1.89 bits per heavy atom. The number of carboxylic acids is 1. The predicted octanol–water partition coefficient (Wildman–Crippen LogP) is 1.36. The zero-order valence-corrected chi connectivity index (χ0v) is 16.3. The van der Waals surface area contributed by atoms with E-state index >= 15 is 0 Å². The van der Waals surface area contributed by atoms with Crippen LogP contribution in [0, 0.1) is 6.92 Å². The Kier molecular flexibility index (Phi) is 4.97. The van der Waals surface area contributed by atoms with Crippen LogP contribution in [0.2, 0.25) is 0 Å². The summed E-state index contributed by atoms with van der Waals surface area (Å²) in [6.07, 6.45) is 0. The quantitative estimate of drug-likeness (QED) is 0.663. The number of hydrogen-bond acceptors (Lipinski definition) is 5. The Bertz CT molecular complexity index is 1160. The topological polar surface area (TPSA) is 99.1 Å². The van der Waals surface area contributed by atoms with Crippen LogP contribution in [0.1, 0.15) is 18.1 Å². The van der Waals surface area contributed by atoms with Gasteiger partial charge in [0.25, 0.3) is 5.56 Å². The number of fused-ring (bicyclic) bond motifs is 1. The summed E-state index contributed by atoms with van der Waals surface area (Å²) in [6.45, 7) is 3.88. The number of rotatable bonds is 5. The first-order valence-electron chi connectivity index (χ1n) is 8.32. The molecular formula is C18H20N4O4S. The van der Waals surface area contributed by atoms with Gasteiger partial charge in [-0.25, -0.2) is 9.78 Å². The highest BCUT2D eigenvalue weighted by atomic mass is 32.2. The maximum Gasteiger partial charge on any atom is 0.332 e. The van der Waals surface area contributed by atoms with E-state index in [0.717, 1.165) is 27.5 Å². The molecule has 0 saturated heterocycles. The number of nitrogens with zero attached hydrogens (tertiary/aromatic N) is 4. The van der Waals surface area contributed by atoms with Gasteiger partial charge < -0.3 is 9.67 Å². The molecule has 3 rings (SSSR count). The van der Waals surface area contributed by atoms with Gasteiger partial charge in [-0.1, -0.05) is 36.0 Å². The fourth-order valence-electron chi connectivity index (χ4n) is 2.83. The van der Waals surface area contributed by atoms with Crippen LogP contribution in [-0.4, -0.2) is 35.0 Å². The van der Waals surface area contributed by atoms with Crippen molar-refractivity contribution in [3.05, 3.63) is 56.2 Å². The molecule has 1 atom stereocenters. The molecule has 2 heterocycles. The Labute approximate surface area is 159 Å². The second-order valence-electron chi connectivity index (χ2n) is 6.38. The molecule has 8 nitrogen and oxygen atoms in total. The highest BCUT2D eigenvalue weighted by Gasteiger charge is 2.23. The lowest BCUT2D eigenvalue weighted by Gasteiger charge is -2.12. The molecule has 0 radical (unpaired) electrons. The fraction of sp³-hybridized carbons (Fsp3) is 0.333. The highest BCUT2D eigenvalue weighted by molar-refractivity contribution is 8.00. The third kappa shape index (κ3) is 3.30. The number of aryl methyl sites for hydroxylation is 2. The van der Waals surface area contributed by atoms with Crippen LogP contribution in [0.4, 0.5) is 0 Å². The van der Waals surface area contributed by atoms with E-state index in [1.54, 1.807) is 18.5 Å². The van der Waals surface area contributed by atoms with E-state index in [9.17, 15) is 19.5 Å². The largest absolute Gasteiger partial charge is 0.480 e. The highest BCUT2D eigenvalue weighted by Crippen LogP contribution is 2.27. The van der Waals surface area contributed by atoms with Crippen molar-refractivity contribution in [1.29, 1.82) is 0 Å². The molecule has 1 aromatic carbocycles. The molecule has 0 saturated carbocycles. The molecule has 142 valence electrons. The van der Waals surface area contributed by atoms with Gasteiger partial charge in [0.15, 0.2) is 16.3 Å². The van der Waals surface area contributed by atoms with Crippen molar-refractivity contribution in [1.82, 2.24) is 18.7 Å². The van der Waals surface area contributed by atoms with Gasteiger partial charge in [-0.15, -0.1) is 0 Å². The van der Waals surface area contributed by atoms with Crippen molar-refractivity contribution in [3.63, 3.8) is 0 Å². The Morgan fingerprint density at radius 1 is 1.22 bits per heavy atom. The van der Waals surface area contributed by atoms with Crippen LogP contribution in [0.3, 0.4) is 0 Å². The SMILES string of the molecule is Cc1ccccc1Cn1c(SC(C)C(=O)O)nc2c1c(=O)n(C)c(=O)n2C. The maximum atomic E-state index is 12.8. The van der Waals surface area contributed by atoms with E-state index < -0.39 is 22.5 Å². The van der Waals surface area contributed by atoms with Crippen molar-refractivity contribution in [2.75, 3.05) is 0 Å². The summed E-state index contributed by atoms with van der Waals surface area (Å²) in [7, 11) is 2.96. The minimum absolute atomic E-state index is 0.247. The van der Waals surface area contributed by atoms with Gasteiger partial charge in [0.2, 0.25) is 0 Å². The van der Waals surface area contributed by atoms with Crippen molar-refractivity contribution in [2.45, 2.75) is 30.8 Å². The van der Waals surface area contributed by atoms with Gasteiger partial charge >= 0.3 is 11.7 Å². The summed E-state index contributed by atoms with van der Waals surface area (Å²) in [5, 5.41) is 8.90. The van der Waals surface area contributed by atoms with E-state index in [-0.39, 0.29) is 11.2 Å². The molecule has 1 unspecified atom stereocenters. The van der Waals surface area contributed by atoms with Gasteiger partial charge in [-0.2, -0.15) is 0 Å². The summed E-state index contributed by atoms with van der Waals surface area (Å²) in [5.41, 5.74) is 1.63. The van der Waals surface area contributed by atoms with Crippen molar-refractivity contribution < 1.29 is 9.90 Å².